The van der Waals surface area contributed by atoms with Gasteiger partial charge in [0.25, 0.3) is 0 Å². The first-order valence-corrected chi connectivity index (χ1v) is 7.29. The van der Waals surface area contributed by atoms with Crippen LogP contribution < -0.4 is 9.47 Å². The molecule has 118 valence electrons. The molecule has 0 spiro atoms. The van der Waals surface area contributed by atoms with Gasteiger partial charge in [0.05, 0.1) is 7.11 Å². The highest BCUT2D eigenvalue weighted by Gasteiger charge is 2.17. The molecule has 1 aromatic rings. The molecule has 1 aromatic carbocycles. The van der Waals surface area contributed by atoms with Crippen molar-refractivity contribution in [3.63, 3.8) is 0 Å². The van der Waals surface area contributed by atoms with Crippen LogP contribution >= 0.6 is 0 Å². The summed E-state index contributed by atoms with van der Waals surface area (Å²) in [5.74, 6) is 1.25. The monoisotopic (exact) mass is 294 g/mol. The zero-order chi connectivity index (χ0) is 16.0. The molecule has 21 heavy (non-hydrogen) atoms. The molecule has 0 saturated carbocycles. The van der Waals surface area contributed by atoms with E-state index in [1.54, 1.807) is 7.11 Å². The minimum absolute atomic E-state index is 0.129. The maximum absolute atomic E-state index is 11.7. The summed E-state index contributed by atoms with van der Waals surface area (Å²) in [5, 5.41) is 0. The van der Waals surface area contributed by atoms with Gasteiger partial charge >= 0.3 is 5.97 Å². The molecule has 4 heteroatoms. The van der Waals surface area contributed by atoms with Crippen molar-refractivity contribution < 1.29 is 19.0 Å². The van der Waals surface area contributed by atoms with Gasteiger partial charge in [0.2, 0.25) is 0 Å². The number of methoxy groups -OCH3 is 1. The van der Waals surface area contributed by atoms with E-state index in [4.69, 9.17) is 14.2 Å². The molecule has 1 unspecified atom stereocenters. The van der Waals surface area contributed by atoms with Crippen molar-refractivity contribution in [2.45, 2.75) is 52.6 Å². The zero-order valence-corrected chi connectivity index (χ0v) is 13.9. The fourth-order valence-electron chi connectivity index (χ4n) is 1.85. The topological polar surface area (TPSA) is 44.8 Å². The van der Waals surface area contributed by atoms with Crippen LogP contribution in [0, 0.1) is 0 Å². The van der Waals surface area contributed by atoms with Crippen molar-refractivity contribution in [3.05, 3.63) is 23.8 Å². The summed E-state index contributed by atoms with van der Waals surface area (Å²) in [5.41, 5.74) is 0.685. The van der Waals surface area contributed by atoms with Crippen LogP contribution in [0.4, 0.5) is 0 Å². The van der Waals surface area contributed by atoms with E-state index in [-0.39, 0.29) is 6.61 Å². The molecule has 1 atom stereocenters. The first kappa shape index (κ1) is 17.3. The van der Waals surface area contributed by atoms with Crippen molar-refractivity contribution in [1.82, 2.24) is 0 Å². The van der Waals surface area contributed by atoms with Crippen LogP contribution in [-0.4, -0.2) is 25.3 Å². The maximum Gasteiger partial charge on any atom is 0.344 e. The summed E-state index contributed by atoms with van der Waals surface area (Å²) >= 11 is 0. The zero-order valence-electron chi connectivity index (χ0n) is 13.9. The van der Waals surface area contributed by atoms with Gasteiger partial charge in [0.15, 0.2) is 18.1 Å². The summed E-state index contributed by atoms with van der Waals surface area (Å²) < 4.78 is 16.0. The number of rotatable bonds is 6. The minimum Gasteiger partial charge on any atom is -0.493 e. The Kier molecular flexibility index (Phi) is 6.06. The number of carbonyl (C=O) groups is 1. The molecule has 0 saturated heterocycles. The van der Waals surface area contributed by atoms with Gasteiger partial charge in [-0.1, -0.05) is 19.9 Å². The Bertz CT molecular complexity index is 474. The molecule has 0 aliphatic rings. The Morgan fingerprint density at radius 3 is 2.43 bits per heavy atom. The van der Waals surface area contributed by atoms with Crippen LogP contribution in [0.1, 0.15) is 52.5 Å². The summed E-state index contributed by atoms with van der Waals surface area (Å²) in [6, 6.07) is 5.80. The van der Waals surface area contributed by atoms with E-state index in [9.17, 15) is 4.79 Å². The number of benzene rings is 1. The predicted octanol–water partition coefficient (Wildman–Crippen LogP) is 3.93. The SMILES string of the molecule is CCC(C)c1ccc(OCC(=O)OC(C)(C)C)c(OC)c1. The summed E-state index contributed by atoms with van der Waals surface area (Å²) in [7, 11) is 1.59. The molecule has 0 bridgehead atoms. The van der Waals surface area contributed by atoms with Gasteiger partial charge in [-0.2, -0.15) is 0 Å². The van der Waals surface area contributed by atoms with Crippen LogP contribution in [0.25, 0.3) is 0 Å². The van der Waals surface area contributed by atoms with E-state index in [1.165, 1.54) is 5.56 Å². The third kappa shape index (κ3) is 5.66. The van der Waals surface area contributed by atoms with Gasteiger partial charge in [0, 0.05) is 0 Å². The molecule has 0 heterocycles. The molecular formula is C17H26O4. The summed E-state index contributed by atoms with van der Waals surface area (Å²) in [6.07, 6.45) is 1.06. The molecule has 0 N–H and O–H groups in total. The smallest absolute Gasteiger partial charge is 0.344 e. The van der Waals surface area contributed by atoms with Gasteiger partial charge in [-0.05, 0) is 50.8 Å². The van der Waals surface area contributed by atoms with E-state index in [0.29, 0.717) is 17.4 Å². The average molecular weight is 294 g/mol. The number of ether oxygens (including phenoxy) is 3. The van der Waals surface area contributed by atoms with Crippen LogP contribution in [0.5, 0.6) is 11.5 Å². The molecule has 1 rings (SSSR count). The van der Waals surface area contributed by atoms with Crippen molar-refractivity contribution in [1.29, 1.82) is 0 Å². The molecule has 4 nitrogen and oxygen atoms in total. The number of hydrogen-bond acceptors (Lipinski definition) is 4. The van der Waals surface area contributed by atoms with Gasteiger partial charge in [-0.3, -0.25) is 0 Å². The van der Waals surface area contributed by atoms with E-state index in [1.807, 2.05) is 39.0 Å². The van der Waals surface area contributed by atoms with Crippen molar-refractivity contribution in [2.75, 3.05) is 13.7 Å². The minimum atomic E-state index is -0.509. The second kappa shape index (κ2) is 7.34. The number of hydrogen-bond donors (Lipinski definition) is 0. The summed E-state index contributed by atoms with van der Waals surface area (Å²) in [4.78, 5) is 11.7. The van der Waals surface area contributed by atoms with E-state index >= 15 is 0 Å². The summed E-state index contributed by atoms with van der Waals surface area (Å²) in [6.45, 7) is 9.65. The van der Waals surface area contributed by atoms with Gasteiger partial charge in [0.1, 0.15) is 5.60 Å². The quantitative estimate of drug-likeness (QED) is 0.746. The van der Waals surface area contributed by atoms with Crippen molar-refractivity contribution in [2.24, 2.45) is 0 Å². The standard InChI is InChI=1S/C17H26O4/c1-7-12(2)13-8-9-14(15(10-13)19-6)20-11-16(18)21-17(3,4)5/h8-10,12H,7,11H2,1-6H3. The van der Waals surface area contributed by atoms with Gasteiger partial charge in [-0.15, -0.1) is 0 Å². The Morgan fingerprint density at radius 2 is 1.90 bits per heavy atom. The molecule has 0 amide bonds. The van der Waals surface area contributed by atoms with Gasteiger partial charge < -0.3 is 14.2 Å². The second-order valence-corrected chi connectivity index (χ2v) is 6.09. The van der Waals surface area contributed by atoms with Crippen LogP contribution in [0.2, 0.25) is 0 Å². The molecular weight excluding hydrogens is 268 g/mol. The Morgan fingerprint density at radius 1 is 1.24 bits per heavy atom. The Balaban J connectivity index is 2.73. The van der Waals surface area contributed by atoms with Gasteiger partial charge in [-0.25, -0.2) is 4.79 Å². The van der Waals surface area contributed by atoms with E-state index in [0.717, 1.165) is 6.42 Å². The highest BCUT2D eigenvalue weighted by Crippen LogP contribution is 2.31. The predicted molar refractivity (Wildman–Crippen MR) is 83.0 cm³/mol. The van der Waals surface area contributed by atoms with E-state index in [2.05, 4.69) is 13.8 Å². The Labute approximate surface area is 127 Å². The van der Waals surface area contributed by atoms with Crippen LogP contribution in [0.3, 0.4) is 0 Å². The largest absolute Gasteiger partial charge is 0.493 e. The Hall–Kier alpha value is -1.71. The first-order chi connectivity index (χ1) is 9.76. The second-order valence-electron chi connectivity index (χ2n) is 6.09. The molecule has 0 radical (unpaired) electrons. The van der Waals surface area contributed by atoms with Crippen LogP contribution in [-0.2, 0) is 9.53 Å². The molecule has 0 fully saturated rings. The average Bonchev–Trinajstić information content (AvgIpc) is 2.42. The normalized spacial score (nSPS) is 12.7. The maximum atomic E-state index is 11.7. The highest BCUT2D eigenvalue weighted by atomic mass is 16.6. The molecule has 0 aliphatic carbocycles. The van der Waals surface area contributed by atoms with Crippen molar-refractivity contribution in [3.8, 4) is 11.5 Å². The van der Waals surface area contributed by atoms with Crippen LogP contribution in [0.15, 0.2) is 18.2 Å². The van der Waals surface area contributed by atoms with E-state index < -0.39 is 11.6 Å². The lowest BCUT2D eigenvalue weighted by atomic mass is 9.98. The number of carbonyl (C=O) groups excluding carboxylic acids is 1. The molecule has 0 aliphatic heterocycles. The third-order valence-corrected chi connectivity index (χ3v) is 3.13. The first-order valence-electron chi connectivity index (χ1n) is 7.29. The fraction of sp³-hybridized carbons (Fsp3) is 0.588. The number of esters is 1. The lowest BCUT2D eigenvalue weighted by Crippen LogP contribution is -2.27. The third-order valence-electron chi connectivity index (χ3n) is 3.13. The van der Waals surface area contributed by atoms with Crippen molar-refractivity contribution >= 4 is 5.97 Å². The lowest BCUT2D eigenvalue weighted by Gasteiger charge is -2.20. The fourth-order valence-corrected chi connectivity index (χ4v) is 1.85. The lowest BCUT2D eigenvalue weighted by molar-refractivity contribution is -0.157. The highest BCUT2D eigenvalue weighted by molar-refractivity contribution is 5.71. The molecule has 0 aromatic heterocycles.